The monoisotopic (exact) mass is 635 g/mol. The van der Waals surface area contributed by atoms with Crippen LogP contribution in [0, 0.1) is 6.92 Å². The number of aryl methyl sites for hydroxylation is 1. The molecule has 0 aliphatic carbocycles. The first-order valence-electron chi connectivity index (χ1n) is 11.8. The third kappa shape index (κ3) is 5.71. The molecule has 3 aromatic rings. The van der Waals surface area contributed by atoms with Gasteiger partial charge in [-0.05, 0) is 0 Å². The van der Waals surface area contributed by atoms with Gasteiger partial charge < -0.3 is 0 Å². The van der Waals surface area contributed by atoms with Gasteiger partial charge in [0.05, 0.1) is 0 Å². The molecule has 2 aliphatic rings. The number of anilines is 1. The summed E-state index contributed by atoms with van der Waals surface area (Å²) in [5, 5.41) is 20.3. The van der Waals surface area contributed by atoms with Gasteiger partial charge >= 0.3 is 227 Å². The second kappa shape index (κ2) is 10.8. The zero-order chi connectivity index (χ0) is 28.1. The van der Waals surface area contributed by atoms with Crippen LogP contribution in [0.3, 0.4) is 0 Å². The SMILES string of the molecule is Cc1cn([C@H]2C[C@H](O)[C@@H](CO[P+](O)([Se-])O[C@H]3C[C@H](n4cnc5c(=O)[nH]c(N)nc54)O[C@@H]3CO)O2)c(=O)[nH]c1=O. The molecule has 0 saturated carbocycles. The number of nitrogens with zero attached hydrogens (tertiary/aromatic N) is 4. The van der Waals surface area contributed by atoms with Gasteiger partial charge in [-0.3, -0.25) is 0 Å². The molecule has 19 heteroatoms. The third-order valence-corrected chi connectivity index (χ3v) is 8.67. The molecule has 0 amide bonds. The van der Waals surface area contributed by atoms with E-state index in [4.69, 9.17) is 24.3 Å². The van der Waals surface area contributed by atoms with Gasteiger partial charge in [-0.15, -0.1) is 0 Å². The molecule has 3 aromatic heterocycles. The summed E-state index contributed by atoms with van der Waals surface area (Å²) < 4.78 is 25.6. The van der Waals surface area contributed by atoms with E-state index in [-0.39, 0.29) is 36.6 Å². The maximum atomic E-state index is 12.2. The predicted molar refractivity (Wildman–Crippen MR) is 134 cm³/mol. The average Bonchev–Trinajstić information content (AvgIpc) is 3.56. The summed E-state index contributed by atoms with van der Waals surface area (Å²) >= 11 is 2.48. The Labute approximate surface area is 226 Å². The molecule has 2 saturated heterocycles. The van der Waals surface area contributed by atoms with Crippen molar-refractivity contribution in [2.24, 2.45) is 0 Å². The average molecular weight is 634 g/mol. The Bertz CT molecular complexity index is 1540. The Morgan fingerprint density at radius 3 is 2.64 bits per heavy atom. The molecule has 0 spiro atoms. The Kier molecular flexibility index (Phi) is 7.78. The minimum absolute atomic E-state index is 0.0511. The van der Waals surface area contributed by atoms with E-state index in [1.54, 1.807) is 0 Å². The molecule has 0 aromatic carbocycles. The molecule has 1 unspecified atom stereocenters. The summed E-state index contributed by atoms with van der Waals surface area (Å²) in [4.78, 5) is 59.4. The molecule has 5 rings (SSSR count). The molecule has 2 aliphatic heterocycles. The molecule has 7 N–H and O–H groups in total. The number of aromatic nitrogens is 6. The molecule has 39 heavy (non-hydrogen) atoms. The van der Waals surface area contributed by atoms with E-state index >= 15 is 0 Å². The van der Waals surface area contributed by atoms with Crippen LogP contribution in [0.2, 0.25) is 0 Å². The van der Waals surface area contributed by atoms with Crippen LogP contribution in [-0.4, -0.2) is 97.4 Å². The van der Waals surface area contributed by atoms with Crippen molar-refractivity contribution < 1.29 is 33.6 Å². The number of rotatable bonds is 8. The minimum atomic E-state index is -3.64. The van der Waals surface area contributed by atoms with E-state index in [1.807, 2.05) is 0 Å². The number of hydrogen-bond donors (Lipinski definition) is 6. The summed E-state index contributed by atoms with van der Waals surface area (Å²) in [6.45, 7) is -2.84. The van der Waals surface area contributed by atoms with Crippen LogP contribution in [0.25, 0.3) is 11.2 Å². The van der Waals surface area contributed by atoms with Gasteiger partial charge in [0.2, 0.25) is 0 Å². The van der Waals surface area contributed by atoms with E-state index < -0.39 is 66.9 Å². The first-order valence-corrected chi connectivity index (χ1v) is 15.5. The number of nitrogens with two attached hydrogens (primary N) is 1. The van der Waals surface area contributed by atoms with E-state index in [9.17, 15) is 29.5 Å². The molecule has 5 heterocycles. The van der Waals surface area contributed by atoms with Crippen LogP contribution in [0.4, 0.5) is 5.95 Å². The topological polar surface area (TPSA) is 242 Å². The molecule has 7 atom stereocenters. The summed E-state index contributed by atoms with van der Waals surface area (Å²) in [5.74, 6) is -0.102. The van der Waals surface area contributed by atoms with Crippen molar-refractivity contribution in [1.29, 1.82) is 0 Å². The first kappa shape index (κ1) is 28.0. The maximum absolute atomic E-state index is 12.2. The Hall–Kier alpha value is -2.50. The second-order valence-electron chi connectivity index (χ2n) is 9.14. The summed E-state index contributed by atoms with van der Waals surface area (Å²) in [6.07, 6.45) is -2.34. The number of imidazole rings is 1. The number of nitrogens with one attached hydrogen (secondary N) is 2. The van der Waals surface area contributed by atoms with Crippen LogP contribution in [0.5, 0.6) is 0 Å². The number of nitrogen functional groups attached to an aromatic ring is 1. The van der Waals surface area contributed by atoms with Crippen LogP contribution < -0.4 is 22.5 Å². The molecule has 0 radical (unpaired) electrons. The summed E-state index contributed by atoms with van der Waals surface area (Å²) in [5.41, 5.74) is 4.48. The quantitative estimate of drug-likeness (QED) is 0.113. The van der Waals surface area contributed by atoms with Crippen LogP contribution >= 0.6 is 6.63 Å². The fourth-order valence-electron chi connectivity index (χ4n) is 4.51. The van der Waals surface area contributed by atoms with Gasteiger partial charge in [0.1, 0.15) is 0 Å². The van der Waals surface area contributed by atoms with Crippen molar-refractivity contribution in [3.63, 3.8) is 0 Å². The number of H-pyrrole nitrogens is 2. The fraction of sp³-hybridized carbons (Fsp3) is 0.550. The van der Waals surface area contributed by atoms with E-state index in [1.165, 1.54) is 28.6 Å². The summed E-state index contributed by atoms with van der Waals surface area (Å²) in [7, 11) is 0. The van der Waals surface area contributed by atoms with Gasteiger partial charge in [0, 0.05) is 0 Å². The number of aromatic amines is 2. The van der Waals surface area contributed by atoms with E-state index in [0.29, 0.717) is 5.56 Å². The standard InChI is InChI=1S/C20H26N7O10PSe/c1-8-4-26(20(32)25-17(8)30)13-2-9(29)12(36-13)6-34-38(33,39)37-10-3-14(35-11(10)5-28)27-7-22-15-16(27)23-19(21)24-18(15)31/h4,7,9-14,28-29H,2-3,5-6H2,1H3,(H,33,39)(H,25,30,32)(H3,21,23,24,31)/t9-,10-,11+,12+,13+,14+,38?/m0/s1. The fourth-order valence-corrected chi connectivity index (χ4v) is 6.54. The van der Waals surface area contributed by atoms with Crippen molar-refractivity contribution in [1.82, 2.24) is 29.1 Å². The Morgan fingerprint density at radius 2 is 1.90 bits per heavy atom. The molecule has 17 nitrogen and oxygen atoms in total. The van der Waals surface area contributed by atoms with Crippen molar-refractivity contribution in [2.45, 2.75) is 56.6 Å². The van der Waals surface area contributed by atoms with Crippen molar-refractivity contribution in [2.75, 3.05) is 18.9 Å². The van der Waals surface area contributed by atoms with Crippen molar-refractivity contribution in [3.8, 4) is 0 Å². The third-order valence-electron chi connectivity index (χ3n) is 6.45. The number of aliphatic hydroxyl groups is 2. The van der Waals surface area contributed by atoms with Crippen LogP contribution in [0.1, 0.15) is 30.9 Å². The molecular weight excluding hydrogens is 608 g/mol. The molecule has 0 bridgehead atoms. The van der Waals surface area contributed by atoms with Gasteiger partial charge in [-0.2, -0.15) is 0 Å². The number of hydrogen-bond acceptors (Lipinski definition) is 13. The van der Waals surface area contributed by atoms with Crippen LogP contribution in [0.15, 0.2) is 26.9 Å². The number of ether oxygens (including phenoxy) is 2. The van der Waals surface area contributed by atoms with Gasteiger partial charge in [0.15, 0.2) is 0 Å². The number of fused-ring (bicyclic) bond motifs is 1. The van der Waals surface area contributed by atoms with Crippen LogP contribution in [-0.2, 0) is 18.5 Å². The van der Waals surface area contributed by atoms with Crippen molar-refractivity contribution in [3.05, 3.63) is 49.3 Å². The summed E-state index contributed by atoms with van der Waals surface area (Å²) in [6, 6.07) is 0. The molecule has 2 fully saturated rings. The van der Waals surface area contributed by atoms with E-state index in [0.717, 1.165) is 0 Å². The molecule has 212 valence electrons. The van der Waals surface area contributed by atoms with Gasteiger partial charge in [-0.1, -0.05) is 0 Å². The van der Waals surface area contributed by atoms with Gasteiger partial charge in [-0.25, -0.2) is 0 Å². The first-order chi connectivity index (χ1) is 18.5. The predicted octanol–water partition coefficient (Wildman–Crippen LogP) is -2.27. The van der Waals surface area contributed by atoms with Gasteiger partial charge in [0.25, 0.3) is 0 Å². The second-order valence-corrected chi connectivity index (χ2v) is 13.5. The zero-order valence-corrected chi connectivity index (χ0v) is 23.0. The normalized spacial score (nSPS) is 28.7. The van der Waals surface area contributed by atoms with Crippen molar-refractivity contribution >= 4 is 39.3 Å². The molecular formula is C20H26N7O10PSe. The number of aliphatic hydroxyl groups excluding tert-OH is 2. The Balaban J connectivity index is 1.23. The zero-order valence-electron chi connectivity index (χ0n) is 20.4. The Morgan fingerprint density at radius 1 is 1.18 bits per heavy atom. The van der Waals surface area contributed by atoms with E-state index in [2.05, 4.69) is 35.5 Å².